The van der Waals surface area contributed by atoms with Gasteiger partial charge in [-0.1, -0.05) is 42.5 Å². The number of rotatable bonds is 10. The van der Waals surface area contributed by atoms with Crippen molar-refractivity contribution in [2.24, 2.45) is 0 Å². The Morgan fingerprint density at radius 1 is 1.06 bits per heavy atom. The van der Waals surface area contributed by atoms with Gasteiger partial charge >= 0.3 is 5.97 Å². The summed E-state index contributed by atoms with van der Waals surface area (Å²) in [5.41, 5.74) is 2.15. The maximum Gasteiger partial charge on any atom is 0.337 e. The van der Waals surface area contributed by atoms with Gasteiger partial charge in [0.15, 0.2) is 0 Å². The molecular weight excluding hydrogens is 430 g/mol. The number of hydrogen-bond donors (Lipinski definition) is 2. The van der Waals surface area contributed by atoms with Crippen molar-refractivity contribution in [2.45, 2.75) is 12.6 Å². The standard InChI is InChI=1S/C23H31N3O5S/c1-31-23(28)21-9-7-19(8-10-21)17-24-32(29,30)18-22(20-5-3-2-4-6-20)26-13-11-25(12-14-26)15-16-27/h2-10,22,24,27H,11-18H2,1H3. The number of aliphatic hydroxyl groups is 1. The molecule has 1 unspecified atom stereocenters. The SMILES string of the molecule is COC(=O)c1ccc(CNS(=O)(=O)CC(c2ccccc2)N2CCN(CCO)CC2)cc1. The van der Waals surface area contributed by atoms with Gasteiger partial charge in [0.1, 0.15) is 0 Å². The molecule has 2 N–H and O–H groups in total. The van der Waals surface area contributed by atoms with Crippen LogP contribution < -0.4 is 4.72 Å². The van der Waals surface area contributed by atoms with Crippen molar-refractivity contribution in [3.8, 4) is 0 Å². The Balaban J connectivity index is 1.66. The Bertz CT molecular complexity index is 959. The summed E-state index contributed by atoms with van der Waals surface area (Å²) in [6.45, 7) is 3.98. The maximum absolute atomic E-state index is 13.0. The molecule has 0 aromatic heterocycles. The average Bonchev–Trinajstić information content (AvgIpc) is 2.82. The minimum absolute atomic E-state index is 0.0444. The summed E-state index contributed by atoms with van der Waals surface area (Å²) in [6.07, 6.45) is 0. The van der Waals surface area contributed by atoms with E-state index in [1.807, 2.05) is 30.3 Å². The van der Waals surface area contributed by atoms with Gasteiger partial charge in [-0.25, -0.2) is 17.9 Å². The quantitative estimate of drug-likeness (QED) is 0.514. The molecule has 2 aromatic rings. The highest BCUT2D eigenvalue weighted by Crippen LogP contribution is 2.24. The van der Waals surface area contributed by atoms with Crippen LogP contribution >= 0.6 is 0 Å². The van der Waals surface area contributed by atoms with E-state index in [0.29, 0.717) is 12.1 Å². The molecule has 0 radical (unpaired) electrons. The molecule has 0 amide bonds. The van der Waals surface area contributed by atoms with Crippen molar-refractivity contribution in [1.82, 2.24) is 14.5 Å². The van der Waals surface area contributed by atoms with Crippen LogP contribution in [0, 0.1) is 0 Å². The van der Waals surface area contributed by atoms with E-state index >= 15 is 0 Å². The van der Waals surface area contributed by atoms with E-state index in [-0.39, 0.29) is 24.9 Å². The summed E-state index contributed by atoms with van der Waals surface area (Å²) in [6, 6.07) is 16.1. The minimum atomic E-state index is -3.57. The minimum Gasteiger partial charge on any atom is -0.465 e. The Morgan fingerprint density at radius 3 is 2.31 bits per heavy atom. The van der Waals surface area contributed by atoms with E-state index in [4.69, 9.17) is 5.11 Å². The number of β-amino-alcohol motifs (C(OH)–C–C–N with tert-alkyl or cyclic N) is 1. The molecule has 9 heteroatoms. The summed E-state index contributed by atoms with van der Waals surface area (Å²) in [5.74, 6) is -0.473. The number of hydrogen-bond acceptors (Lipinski definition) is 7. The number of nitrogens with one attached hydrogen (secondary N) is 1. The second kappa shape index (κ2) is 11.5. The molecule has 0 saturated carbocycles. The lowest BCUT2D eigenvalue weighted by atomic mass is 10.1. The lowest BCUT2D eigenvalue weighted by Gasteiger charge is -2.39. The number of benzene rings is 2. The van der Waals surface area contributed by atoms with Crippen LogP contribution in [0.3, 0.4) is 0 Å². The molecule has 1 heterocycles. The smallest absolute Gasteiger partial charge is 0.337 e. The van der Waals surface area contributed by atoms with Crippen LogP contribution in [0.5, 0.6) is 0 Å². The molecule has 8 nitrogen and oxygen atoms in total. The van der Waals surface area contributed by atoms with Gasteiger partial charge in [-0.15, -0.1) is 0 Å². The number of esters is 1. The number of ether oxygens (including phenoxy) is 1. The Hall–Kier alpha value is -2.30. The third-order valence-corrected chi connectivity index (χ3v) is 7.04. The fourth-order valence-electron chi connectivity index (χ4n) is 3.86. The number of aliphatic hydroxyl groups excluding tert-OH is 1. The molecule has 174 valence electrons. The molecular formula is C23H31N3O5S. The maximum atomic E-state index is 13.0. The molecule has 1 aliphatic rings. The zero-order valence-electron chi connectivity index (χ0n) is 18.3. The van der Waals surface area contributed by atoms with Crippen LogP contribution in [0.25, 0.3) is 0 Å². The van der Waals surface area contributed by atoms with E-state index in [2.05, 4.69) is 19.3 Å². The number of carbonyl (C=O) groups is 1. The Kier molecular flexibility index (Phi) is 8.77. The molecule has 1 saturated heterocycles. The van der Waals surface area contributed by atoms with Crippen molar-refractivity contribution < 1.29 is 23.1 Å². The highest BCUT2D eigenvalue weighted by atomic mass is 32.2. The van der Waals surface area contributed by atoms with Gasteiger partial charge in [0, 0.05) is 39.3 Å². The average molecular weight is 462 g/mol. The first-order valence-corrected chi connectivity index (χ1v) is 12.3. The molecule has 0 spiro atoms. The normalized spacial score (nSPS) is 16.6. The number of nitrogens with zero attached hydrogens (tertiary/aromatic N) is 2. The van der Waals surface area contributed by atoms with E-state index in [0.717, 1.165) is 37.3 Å². The van der Waals surface area contributed by atoms with Crippen molar-refractivity contribution in [1.29, 1.82) is 0 Å². The molecule has 1 atom stereocenters. The topological polar surface area (TPSA) is 99.2 Å². The van der Waals surface area contributed by atoms with Crippen LogP contribution in [0.15, 0.2) is 54.6 Å². The van der Waals surface area contributed by atoms with Gasteiger partial charge in [0.25, 0.3) is 0 Å². The summed E-state index contributed by atoms with van der Waals surface area (Å²) in [7, 11) is -2.25. The van der Waals surface area contributed by atoms with Gasteiger partial charge < -0.3 is 9.84 Å². The Morgan fingerprint density at radius 2 is 1.72 bits per heavy atom. The van der Waals surface area contributed by atoms with Crippen LogP contribution in [0.4, 0.5) is 0 Å². The van der Waals surface area contributed by atoms with Gasteiger partial charge in [-0.05, 0) is 23.3 Å². The second-order valence-corrected chi connectivity index (χ2v) is 9.67. The monoisotopic (exact) mass is 461 g/mol. The van der Waals surface area contributed by atoms with Crippen molar-refractivity contribution in [2.75, 3.05) is 52.2 Å². The third kappa shape index (κ3) is 6.85. The molecule has 2 aromatic carbocycles. The fourth-order valence-corrected chi connectivity index (χ4v) is 5.19. The molecule has 0 aliphatic carbocycles. The fraction of sp³-hybridized carbons (Fsp3) is 0.435. The predicted molar refractivity (Wildman–Crippen MR) is 123 cm³/mol. The highest BCUT2D eigenvalue weighted by molar-refractivity contribution is 7.89. The summed E-state index contributed by atoms with van der Waals surface area (Å²) >= 11 is 0. The summed E-state index contributed by atoms with van der Waals surface area (Å²) in [5, 5.41) is 9.17. The molecule has 1 fully saturated rings. The lowest BCUT2D eigenvalue weighted by molar-refractivity contribution is 0.0600. The first-order chi connectivity index (χ1) is 15.4. The second-order valence-electron chi connectivity index (χ2n) is 7.82. The highest BCUT2D eigenvalue weighted by Gasteiger charge is 2.29. The zero-order chi connectivity index (χ0) is 23.0. The van der Waals surface area contributed by atoms with E-state index < -0.39 is 16.0 Å². The number of carbonyl (C=O) groups excluding carboxylic acids is 1. The molecule has 32 heavy (non-hydrogen) atoms. The third-order valence-electron chi connectivity index (χ3n) is 5.70. The van der Waals surface area contributed by atoms with Gasteiger partial charge in [-0.2, -0.15) is 0 Å². The Labute approximate surface area is 189 Å². The van der Waals surface area contributed by atoms with E-state index in [1.165, 1.54) is 7.11 Å². The van der Waals surface area contributed by atoms with Crippen LogP contribution in [-0.4, -0.2) is 81.5 Å². The van der Waals surface area contributed by atoms with Crippen molar-refractivity contribution in [3.63, 3.8) is 0 Å². The molecule has 0 bridgehead atoms. The summed E-state index contributed by atoms with van der Waals surface area (Å²) in [4.78, 5) is 15.9. The van der Waals surface area contributed by atoms with Gasteiger partial charge in [-0.3, -0.25) is 9.80 Å². The van der Waals surface area contributed by atoms with E-state index in [1.54, 1.807) is 24.3 Å². The van der Waals surface area contributed by atoms with E-state index in [9.17, 15) is 13.2 Å². The van der Waals surface area contributed by atoms with Crippen LogP contribution in [0.2, 0.25) is 0 Å². The van der Waals surface area contributed by atoms with Crippen LogP contribution in [0.1, 0.15) is 27.5 Å². The summed E-state index contributed by atoms with van der Waals surface area (Å²) < 4.78 is 33.3. The first kappa shape index (κ1) is 24.3. The first-order valence-electron chi connectivity index (χ1n) is 10.7. The van der Waals surface area contributed by atoms with Crippen molar-refractivity contribution in [3.05, 3.63) is 71.3 Å². The number of piperazine rings is 1. The van der Waals surface area contributed by atoms with Gasteiger partial charge in [0.2, 0.25) is 10.0 Å². The molecule has 3 rings (SSSR count). The number of sulfonamides is 1. The molecule has 1 aliphatic heterocycles. The van der Waals surface area contributed by atoms with Gasteiger partial charge in [0.05, 0.1) is 31.1 Å². The number of methoxy groups -OCH3 is 1. The lowest BCUT2D eigenvalue weighted by Crippen LogP contribution is -2.50. The van der Waals surface area contributed by atoms with Crippen molar-refractivity contribution >= 4 is 16.0 Å². The largest absolute Gasteiger partial charge is 0.465 e. The van der Waals surface area contributed by atoms with Crippen LogP contribution in [-0.2, 0) is 21.3 Å². The predicted octanol–water partition coefficient (Wildman–Crippen LogP) is 1.24. The zero-order valence-corrected chi connectivity index (χ0v) is 19.1.